The summed E-state index contributed by atoms with van der Waals surface area (Å²) in [6.45, 7) is 1.83. The van der Waals surface area contributed by atoms with E-state index in [2.05, 4.69) is 15.7 Å². The normalized spacial score (nSPS) is 15.1. The molecule has 0 aliphatic heterocycles. The first kappa shape index (κ1) is 19.5. The molecule has 6 nitrogen and oxygen atoms in total. The van der Waals surface area contributed by atoms with Crippen LogP contribution in [0.15, 0.2) is 60.3 Å². The predicted octanol–water partition coefficient (Wildman–Crippen LogP) is 3.99. The van der Waals surface area contributed by atoms with Gasteiger partial charge in [-0.1, -0.05) is 35.9 Å². The molecular formula is C22H18F2N4O2. The van der Waals surface area contributed by atoms with Gasteiger partial charge in [0.2, 0.25) is 5.91 Å². The molecule has 0 bridgehead atoms. The van der Waals surface area contributed by atoms with Crippen LogP contribution in [0, 0.1) is 17.6 Å². The van der Waals surface area contributed by atoms with Crippen molar-refractivity contribution in [2.45, 2.75) is 6.92 Å². The maximum absolute atomic E-state index is 14.3. The summed E-state index contributed by atoms with van der Waals surface area (Å²) in [6, 6.07) is 12.5. The van der Waals surface area contributed by atoms with Gasteiger partial charge in [0.15, 0.2) is 5.82 Å². The summed E-state index contributed by atoms with van der Waals surface area (Å²) in [5.74, 6) is -3.50. The SMILES string of the molecule is CC1=C(c2ccccc2)C1C(=O)Nc1cc(C(=O)Nc2ccn(C)n2)c(F)cc1F. The van der Waals surface area contributed by atoms with E-state index in [4.69, 9.17) is 0 Å². The molecular weight excluding hydrogens is 390 g/mol. The molecule has 0 spiro atoms. The van der Waals surface area contributed by atoms with Gasteiger partial charge >= 0.3 is 0 Å². The quantitative estimate of drug-likeness (QED) is 0.670. The number of nitrogens with one attached hydrogen (secondary N) is 2. The van der Waals surface area contributed by atoms with Crippen LogP contribution in [0.1, 0.15) is 22.8 Å². The highest BCUT2D eigenvalue weighted by Crippen LogP contribution is 2.47. The maximum Gasteiger partial charge on any atom is 0.259 e. The molecule has 2 amide bonds. The molecule has 2 aromatic carbocycles. The zero-order chi connectivity index (χ0) is 21.4. The van der Waals surface area contributed by atoms with E-state index in [1.807, 2.05) is 37.3 Å². The molecule has 8 heteroatoms. The molecule has 2 N–H and O–H groups in total. The first-order valence-corrected chi connectivity index (χ1v) is 9.22. The van der Waals surface area contributed by atoms with Crippen LogP contribution in [0.25, 0.3) is 5.57 Å². The minimum atomic E-state index is -1.04. The number of halogens is 2. The van der Waals surface area contributed by atoms with Gasteiger partial charge in [-0.3, -0.25) is 14.3 Å². The second kappa shape index (κ2) is 7.55. The molecule has 30 heavy (non-hydrogen) atoms. The Hall–Kier alpha value is -3.81. The average molecular weight is 408 g/mol. The first-order chi connectivity index (χ1) is 14.3. The van der Waals surface area contributed by atoms with Crippen LogP contribution in [0.3, 0.4) is 0 Å². The number of carbonyl (C=O) groups excluding carboxylic acids is 2. The third-order valence-corrected chi connectivity index (χ3v) is 4.92. The molecule has 152 valence electrons. The minimum absolute atomic E-state index is 0.224. The summed E-state index contributed by atoms with van der Waals surface area (Å²) >= 11 is 0. The van der Waals surface area contributed by atoms with Crippen LogP contribution in [-0.4, -0.2) is 21.6 Å². The highest BCUT2D eigenvalue weighted by Gasteiger charge is 2.40. The number of nitrogens with zero attached hydrogens (tertiary/aromatic N) is 2. The molecule has 1 unspecified atom stereocenters. The Bertz CT molecular complexity index is 1190. The van der Waals surface area contributed by atoms with Crippen molar-refractivity contribution in [3.8, 4) is 0 Å². The third-order valence-electron chi connectivity index (χ3n) is 4.92. The van der Waals surface area contributed by atoms with Crippen molar-refractivity contribution in [2.24, 2.45) is 13.0 Å². The zero-order valence-corrected chi connectivity index (χ0v) is 16.2. The summed E-state index contributed by atoms with van der Waals surface area (Å²) in [5.41, 5.74) is 2.02. The molecule has 0 saturated carbocycles. The number of anilines is 2. The molecule has 1 heterocycles. The van der Waals surface area contributed by atoms with E-state index < -0.39 is 34.9 Å². The van der Waals surface area contributed by atoms with Crippen molar-refractivity contribution < 1.29 is 18.4 Å². The first-order valence-electron chi connectivity index (χ1n) is 9.22. The number of amides is 2. The molecule has 0 saturated heterocycles. The summed E-state index contributed by atoms with van der Waals surface area (Å²) in [7, 11) is 1.67. The van der Waals surface area contributed by atoms with Crippen molar-refractivity contribution in [2.75, 3.05) is 10.6 Å². The summed E-state index contributed by atoms with van der Waals surface area (Å²) in [4.78, 5) is 25.0. The van der Waals surface area contributed by atoms with Gasteiger partial charge in [0, 0.05) is 25.4 Å². The van der Waals surface area contributed by atoms with Crippen molar-refractivity contribution in [1.29, 1.82) is 0 Å². The Morgan fingerprint density at radius 2 is 1.77 bits per heavy atom. The van der Waals surface area contributed by atoms with E-state index in [0.29, 0.717) is 6.07 Å². The van der Waals surface area contributed by atoms with Crippen LogP contribution >= 0.6 is 0 Å². The number of hydrogen-bond acceptors (Lipinski definition) is 3. The lowest BCUT2D eigenvalue weighted by molar-refractivity contribution is -0.116. The Morgan fingerprint density at radius 1 is 1.03 bits per heavy atom. The summed E-state index contributed by atoms with van der Waals surface area (Å²) < 4.78 is 29.9. The molecule has 4 rings (SSSR count). The van der Waals surface area contributed by atoms with Crippen LogP contribution in [0.2, 0.25) is 0 Å². The standard InChI is InChI=1S/C22H18F2N4O2/c1-12-19(13-6-4-3-5-7-13)20(12)22(30)25-17-10-14(15(23)11-16(17)24)21(29)26-18-8-9-28(2)27-18/h3-11,20H,1-2H3,(H,25,30)(H,26,27,29). The molecule has 1 aromatic heterocycles. The second-order valence-electron chi connectivity index (χ2n) is 7.03. The molecule has 1 aliphatic rings. The van der Waals surface area contributed by atoms with Gasteiger partial charge in [-0.05, 0) is 24.1 Å². The largest absolute Gasteiger partial charge is 0.323 e. The van der Waals surface area contributed by atoms with Crippen molar-refractivity contribution in [1.82, 2.24) is 9.78 Å². The zero-order valence-electron chi connectivity index (χ0n) is 16.2. The Morgan fingerprint density at radius 3 is 2.43 bits per heavy atom. The highest BCUT2D eigenvalue weighted by atomic mass is 19.1. The maximum atomic E-state index is 14.3. The van der Waals surface area contributed by atoms with Crippen LogP contribution in [0.4, 0.5) is 20.3 Å². The number of carbonyl (C=O) groups is 2. The lowest BCUT2D eigenvalue weighted by atomic mass is 10.1. The molecule has 1 atom stereocenters. The van der Waals surface area contributed by atoms with Crippen LogP contribution in [0.5, 0.6) is 0 Å². The second-order valence-corrected chi connectivity index (χ2v) is 7.03. The summed E-state index contributed by atoms with van der Waals surface area (Å²) in [5, 5.41) is 8.89. The van der Waals surface area contributed by atoms with Gasteiger partial charge in [-0.25, -0.2) is 8.78 Å². The fraction of sp³-hybridized carbons (Fsp3) is 0.136. The fourth-order valence-electron chi connectivity index (χ4n) is 3.36. The molecule has 3 aromatic rings. The smallest absolute Gasteiger partial charge is 0.259 e. The minimum Gasteiger partial charge on any atom is -0.323 e. The lowest BCUT2D eigenvalue weighted by Gasteiger charge is -2.10. The molecule has 0 fully saturated rings. The number of aromatic nitrogens is 2. The van der Waals surface area contributed by atoms with Crippen molar-refractivity contribution in [3.63, 3.8) is 0 Å². The van der Waals surface area contributed by atoms with Crippen molar-refractivity contribution >= 4 is 28.9 Å². The topological polar surface area (TPSA) is 76.0 Å². The number of aryl methyl sites for hydroxylation is 1. The number of benzene rings is 2. The van der Waals surface area contributed by atoms with E-state index >= 15 is 0 Å². The Labute approximate surface area is 171 Å². The molecule has 1 aliphatic carbocycles. The van der Waals surface area contributed by atoms with Crippen LogP contribution in [-0.2, 0) is 11.8 Å². The van der Waals surface area contributed by atoms with Gasteiger partial charge in [0.25, 0.3) is 5.91 Å². The van der Waals surface area contributed by atoms with Crippen LogP contribution < -0.4 is 10.6 Å². The van der Waals surface area contributed by atoms with Gasteiger partial charge in [-0.15, -0.1) is 0 Å². The van der Waals surface area contributed by atoms with Gasteiger partial charge in [0.05, 0.1) is 17.2 Å². The lowest BCUT2D eigenvalue weighted by Crippen LogP contribution is -2.19. The van der Waals surface area contributed by atoms with E-state index in [-0.39, 0.29) is 11.5 Å². The van der Waals surface area contributed by atoms with Gasteiger partial charge in [0.1, 0.15) is 11.6 Å². The number of rotatable bonds is 5. The highest BCUT2D eigenvalue weighted by molar-refractivity contribution is 6.11. The number of hydrogen-bond donors (Lipinski definition) is 2. The van der Waals surface area contributed by atoms with E-state index in [0.717, 1.165) is 22.8 Å². The summed E-state index contributed by atoms with van der Waals surface area (Å²) in [6.07, 6.45) is 1.61. The van der Waals surface area contributed by atoms with E-state index in [9.17, 15) is 18.4 Å². The molecule has 0 radical (unpaired) electrons. The Balaban J connectivity index is 1.51. The monoisotopic (exact) mass is 408 g/mol. The van der Waals surface area contributed by atoms with Crippen molar-refractivity contribution in [3.05, 3.63) is 83.1 Å². The van der Waals surface area contributed by atoms with E-state index in [1.54, 1.807) is 13.2 Å². The average Bonchev–Trinajstić information content (AvgIpc) is 3.22. The predicted molar refractivity (Wildman–Crippen MR) is 109 cm³/mol. The fourth-order valence-corrected chi connectivity index (χ4v) is 3.36. The Kier molecular flexibility index (Phi) is 4.91. The van der Waals surface area contributed by atoms with Gasteiger partial charge < -0.3 is 10.6 Å². The van der Waals surface area contributed by atoms with E-state index in [1.165, 1.54) is 10.7 Å². The third kappa shape index (κ3) is 3.71. The van der Waals surface area contributed by atoms with Gasteiger partial charge in [-0.2, -0.15) is 5.10 Å².